The monoisotopic (exact) mass is 454 g/mol. The van der Waals surface area contributed by atoms with E-state index in [9.17, 15) is 4.79 Å². The summed E-state index contributed by atoms with van der Waals surface area (Å²) in [6, 6.07) is 16.0. The van der Waals surface area contributed by atoms with E-state index < -0.39 is 0 Å². The predicted molar refractivity (Wildman–Crippen MR) is 137 cm³/mol. The van der Waals surface area contributed by atoms with Crippen molar-refractivity contribution in [3.05, 3.63) is 72.2 Å². The summed E-state index contributed by atoms with van der Waals surface area (Å²) in [6.45, 7) is 3.23. The van der Waals surface area contributed by atoms with Crippen LogP contribution < -0.4 is 10.2 Å². The lowest BCUT2D eigenvalue weighted by Crippen LogP contribution is -2.29. The molecule has 2 N–H and O–H groups in total. The molecule has 0 unspecified atom stereocenters. The highest BCUT2D eigenvalue weighted by atomic mass is 16.1. The molecule has 3 heterocycles. The van der Waals surface area contributed by atoms with Crippen LogP contribution in [0.2, 0.25) is 0 Å². The van der Waals surface area contributed by atoms with Crippen LogP contribution in [0.15, 0.2) is 60.9 Å². The average molecular weight is 455 g/mol. The van der Waals surface area contributed by atoms with Crippen LogP contribution in [0.3, 0.4) is 0 Å². The molecule has 34 heavy (non-hydrogen) atoms. The second kappa shape index (κ2) is 9.65. The van der Waals surface area contributed by atoms with Gasteiger partial charge in [-0.1, -0.05) is 18.6 Å². The first-order valence-electron chi connectivity index (χ1n) is 11.8. The Bertz CT molecular complexity index is 1310. The minimum absolute atomic E-state index is 0.240. The zero-order valence-electron chi connectivity index (χ0n) is 19.7. The van der Waals surface area contributed by atoms with E-state index in [0.717, 1.165) is 53.0 Å². The van der Waals surface area contributed by atoms with E-state index in [4.69, 9.17) is 0 Å². The minimum Gasteiger partial charge on any atom is -0.378 e. The van der Waals surface area contributed by atoms with Crippen molar-refractivity contribution in [2.75, 3.05) is 37.4 Å². The van der Waals surface area contributed by atoms with Gasteiger partial charge in [0.15, 0.2) is 5.69 Å². The van der Waals surface area contributed by atoms with Crippen LogP contribution in [0.25, 0.3) is 22.0 Å². The number of piperidine rings is 1. The van der Waals surface area contributed by atoms with Gasteiger partial charge in [-0.3, -0.25) is 19.8 Å². The van der Waals surface area contributed by atoms with Gasteiger partial charge in [0, 0.05) is 55.4 Å². The van der Waals surface area contributed by atoms with E-state index >= 15 is 0 Å². The van der Waals surface area contributed by atoms with Crippen molar-refractivity contribution in [3.8, 4) is 11.1 Å². The first-order valence-corrected chi connectivity index (χ1v) is 11.8. The van der Waals surface area contributed by atoms with Gasteiger partial charge in [-0.2, -0.15) is 5.10 Å². The number of likely N-dealkylation sites (tertiary alicyclic amines) is 1. The van der Waals surface area contributed by atoms with E-state index in [1.54, 1.807) is 0 Å². The number of hydrogen-bond donors (Lipinski definition) is 2. The van der Waals surface area contributed by atoms with Crippen molar-refractivity contribution in [2.24, 2.45) is 0 Å². The topological polar surface area (TPSA) is 77.1 Å². The Morgan fingerprint density at radius 3 is 2.71 bits per heavy atom. The van der Waals surface area contributed by atoms with Gasteiger partial charge in [-0.05, 0) is 73.5 Å². The number of nitrogens with zero attached hydrogens (tertiary/aromatic N) is 4. The molecule has 0 aliphatic carbocycles. The molecular formula is C27H30N6O. The molecular weight excluding hydrogens is 424 g/mol. The summed E-state index contributed by atoms with van der Waals surface area (Å²) in [5, 5.41) is 11.1. The van der Waals surface area contributed by atoms with Crippen molar-refractivity contribution in [2.45, 2.75) is 25.8 Å². The maximum absolute atomic E-state index is 13.1. The SMILES string of the molecule is CN(C)c1cccc(NC(=O)c2n[nH]c3ccc(-c4cncc(CN5CCCCC5)c4)cc23)c1. The second-order valence-electron chi connectivity index (χ2n) is 9.15. The van der Waals surface area contributed by atoms with Crippen LogP contribution in [0.4, 0.5) is 11.4 Å². The number of aromatic nitrogens is 3. The standard InChI is InChI=1S/C27H30N6O/c1-32(2)23-8-6-7-22(15-23)29-27(34)26-24-14-20(9-10-25(24)30-31-26)21-13-19(16-28-17-21)18-33-11-4-3-5-12-33/h6-10,13-17H,3-5,11-12,18H2,1-2H3,(H,29,34)(H,30,31). The van der Waals surface area contributed by atoms with Crippen molar-refractivity contribution in [1.29, 1.82) is 0 Å². The molecule has 174 valence electrons. The van der Waals surface area contributed by atoms with Crippen molar-refractivity contribution in [1.82, 2.24) is 20.1 Å². The van der Waals surface area contributed by atoms with Gasteiger partial charge in [-0.25, -0.2) is 0 Å². The van der Waals surface area contributed by atoms with E-state index in [-0.39, 0.29) is 5.91 Å². The summed E-state index contributed by atoms with van der Waals surface area (Å²) in [7, 11) is 3.94. The number of amides is 1. The zero-order chi connectivity index (χ0) is 23.5. The molecule has 0 atom stereocenters. The zero-order valence-corrected chi connectivity index (χ0v) is 19.7. The van der Waals surface area contributed by atoms with E-state index in [2.05, 4.69) is 31.5 Å². The van der Waals surface area contributed by atoms with Crippen LogP contribution in [-0.4, -0.2) is 53.2 Å². The van der Waals surface area contributed by atoms with Gasteiger partial charge in [0.05, 0.1) is 5.52 Å². The smallest absolute Gasteiger partial charge is 0.276 e. The number of rotatable bonds is 6. The van der Waals surface area contributed by atoms with E-state index in [1.165, 1.54) is 24.8 Å². The number of benzene rings is 2. The van der Waals surface area contributed by atoms with Crippen molar-refractivity contribution < 1.29 is 4.79 Å². The molecule has 5 rings (SSSR count). The number of carbonyl (C=O) groups excluding carboxylic acids is 1. The number of fused-ring (bicyclic) bond motifs is 1. The summed E-state index contributed by atoms with van der Waals surface area (Å²) in [5.74, 6) is -0.240. The number of anilines is 2. The molecule has 2 aromatic carbocycles. The number of nitrogens with one attached hydrogen (secondary N) is 2. The number of carbonyl (C=O) groups is 1. The summed E-state index contributed by atoms with van der Waals surface area (Å²) in [6.07, 6.45) is 7.71. The number of hydrogen-bond acceptors (Lipinski definition) is 5. The van der Waals surface area contributed by atoms with Crippen LogP contribution in [0.1, 0.15) is 35.3 Å². The minimum atomic E-state index is -0.240. The highest BCUT2D eigenvalue weighted by molar-refractivity contribution is 6.11. The lowest BCUT2D eigenvalue weighted by atomic mass is 10.0. The van der Waals surface area contributed by atoms with Crippen LogP contribution >= 0.6 is 0 Å². The number of pyridine rings is 1. The van der Waals surface area contributed by atoms with Crippen LogP contribution in [0, 0.1) is 0 Å². The molecule has 7 nitrogen and oxygen atoms in total. The van der Waals surface area contributed by atoms with Gasteiger partial charge in [0.25, 0.3) is 5.91 Å². The maximum atomic E-state index is 13.1. The average Bonchev–Trinajstić information content (AvgIpc) is 3.28. The quantitative estimate of drug-likeness (QED) is 0.432. The number of H-pyrrole nitrogens is 1. The molecule has 1 fully saturated rings. The van der Waals surface area contributed by atoms with Gasteiger partial charge >= 0.3 is 0 Å². The fourth-order valence-electron chi connectivity index (χ4n) is 4.53. The van der Waals surface area contributed by atoms with Crippen LogP contribution in [-0.2, 0) is 6.54 Å². The van der Waals surface area contributed by atoms with Crippen molar-refractivity contribution in [3.63, 3.8) is 0 Å². The molecule has 4 aromatic rings. The third kappa shape index (κ3) is 4.79. The Morgan fingerprint density at radius 2 is 1.88 bits per heavy atom. The molecule has 0 spiro atoms. The molecule has 1 aliphatic rings. The Kier molecular flexibility index (Phi) is 6.27. The summed E-state index contributed by atoms with van der Waals surface area (Å²) >= 11 is 0. The third-order valence-corrected chi connectivity index (χ3v) is 6.38. The van der Waals surface area contributed by atoms with Crippen molar-refractivity contribution >= 4 is 28.2 Å². The molecule has 1 amide bonds. The Hall–Kier alpha value is -3.71. The molecule has 0 bridgehead atoms. The normalized spacial score (nSPS) is 14.3. The Labute approximate surface area is 199 Å². The van der Waals surface area contributed by atoms with Crippen LogP contribution in [0.5, 0.6) is 0 Å². The first-order chi connectivity index (χ1) is 16.6. The van der Waals surface area contributed by atoms with E-state index in [0.29, 0.717) is 5.69 Å². The summed E-state index contributed by atoms with van der Waals surface area (Å²) in [4.78, 5) is 22.1. The van der Waals surface area contributed by atoms with Gasteiger partial charge < -0.3 is 10.2 Å². The lowest BCUT2D eigenvalue weighted by Gasteiger charge is -2.26. The molecule has 1 aliphatic heterocycles. The highest BCUT2D eigenvalue weighted by Gasteiger charge is 2.16. The summed E-state index contributed by atoms with van der Waals surface area (Å²) < 4.78 is 0. The third-order valence-electron chi connectivity index (χ3n) is 6.38. The second-order valence-corrected chi connectivity index (χ2v) is 9.15. The Morgan fingerprint density at radius 1 is 1.03 bits per heavy atom. The van der Waals surface area contributed by atoms with Gasteiger partial charge in [0.1, 0.15) is 0 Å². The fourth-order valence-corrected chi connectivity index (χ4v) is 4.53. The van der Waals surface area contributed by atoms with Gasteiger partial charge in [-0.15, -0.1) is 0 Å². The highest BCUT2D eigenvalue weighted by Crippen LogP contribution is 2.27. The largest absolute Gasteiger partial charge is 0.378 e. The molecule has 0 saturated carbocycles. The first kappa shape index (κ1) is 22.1. The predicted octanol–water partition coefficient (Wildman–Crippen LogP) is 4.93. The molecule has 2 aromatic heterocycles. The maximum Gasteiger partial charge on any atom is 0.276 e. The summed E-state index contributed by atoms with van der Waals surface area (Å²) in [5.41, 5.74) is 6.23. The Balaban J connectivity index is 1.39. The number of aromatic amines is 1. The molecule has 0 radical (unpaired) electrons. The van der Waals surface area contributed by atoms with Gasteiger partial charge in [0.2, 0.25) is 0 Å². The fraction of sp³-hybridized carbons (Fsp3) is 0.296. The lowest BCUT2D eigenvalue weighted by molar-refractivity contribution is 0.102. The molecule has 7 heteroatoms. The van der Waals surface area contributed by atoms with E-state index in [1.807, 2.05) is 73.9 Å². The molecule has 1 saturated heterocycles.